The zero-order valence-corrected chi connectivity index (χ0v) is 10.8. The number of hydrogen-bond donors (Lipinski definition) is 2. The van der Waals surface area contributed by atoms with Gasteiger partial charge >= 0.3 is 0 Å². The number of rotatable bonds is 3. The zero-order valence-electron chi connectivity index (χ0n) is 9.95. The molecule has 0 saturated heterocycles. The third-order valence-corrected chi connectivity index (χ3v) is 4.64. The predicted molar refractivity (Wildman–Crippen MR) is 67.9 cm³/mol. The average Bonchev–Trinajstić information content (AvgIpc) is 2.77. The van der Waals surface area contributed by atoms with E-state index in [0.29, 0.717) is 10.9 Å². The lowest BCUT2D eigenvalue weighted by Gasteiger charge is -2.29. The summed E-state index contributed by atoms with van der Waals surface area (Å²) in [6.45, 7) is 3.72. The van der Waals surface area contributed by atoms with Gasteiger partial charge in [-0.15, -0.1) is 0 Å². The number of carbonyl (C=O) groups is 1. The third kappa shape index (κ3) is 2.08. The molecule has 3 atom stereocenters. The Hall–Kier alpha value is -0.640. The van der Waals surface area contributed by atoms with Crippen molar-refractivity contribution in [2.24, 2.45) is 23.5 Å². The molecule has 2 fully saturated rings. The topological polar surface area (TPSA) is 55.1 Å². The first kappa shape index (κ1) is 11.8. The molecule has 2 saturated carbocycles. The monoisotopic (exact) mass is 240 g/mol. The average molecular weight is 240 g/mol. The Labute approximate surface area is 102 Å². The van der Waals surface area contributed by atoms with E-state index >= 15 is 0 Å². The van der Waals surface area contributed by atoms with E-state index in [0.717, 1.165) is 12.3 Å². The molecule has 0 heterocycles. The van der Waals surface area contributed by atoms with Gasteiger partial charge in [0.25, 0.3) is 0 Å². The maximum Gasteiger partial charge on any atom is 0.224 e. The Kier molecular flexibility index (Phi) is 2.95. The highest BCUT2D eigenvalue weighted by molar-refractivity contribution is 7.80. The van der Waals surface area contributed by atoms with E-state index in [1.165, 1.54) is 19.3 Å². The van der Waals surface area contributed by atoms with Gasteiger partial charge in [0, 0.05) is 5.92 Å². The van der Waals surface area contributed by atoms with Crippen LogP contribution in [0.5, 0.6) is 0 Å². The first-order valence-electron chi connectivity index (χ1n) is 6.02. The van der Waals surface area contributed by atoms with Crippen LogP contribution in [0, 0.1) is 17.8 Å². The molecular weight excluding hydrogens is 220 g/mol. The van der Waals surface area contributed by atoms with Crippen LogP contribution in [0.4, 0.5) is 0 Å². The third-order valence-electron chi connectivity index (χ3n) is 4.13. The van der Waals surface area contributed by atoms with Crippen LogP contribution in [0.3, 0.4) is 0 Å². The normalized spacial score (nSPS) is 32.8. The summed E-state index contributed by atoms with van der Waals surface area (Å²) >= 11 is 4.95. The second-order valence-corrected chi connectivity index (χ2v) is 6.20. The van der Waals surface area contributed by atoms with Crippen LogP contribution in [-0.4, -0.2) is 16.4 Å². The van der Waals surface area contributed by atoms with Gasteiger partial charge in [-0.25, -0.2) is 0 Å². The molecule has 0 aromatic carbocycles. The minimum atomic E-state index is -0.561. The number of nitrogens with two attached hydrogens (primary N) is 1. The van der Waals surface area contributed by atoms with Crippen LogP contribution in [0.1, 0.15) is 39.5 Å². The molecule has 3 N–H and O–H groups in total. The Bertz CT molecular complexity index is 327. The molecule has 2 bridgehead atoms. The molecule has 2 rings (SSSR count). The summed E-state index contributed by atoms with van der Waals surface area (Å²) in [5.41, 5.74) is 5.05. The molecule has 2 aliphatic rings. The summed E-state index contributed by atoms with van der Waals surface area (Å²) < 4.78 is 0. The Morgan fingerprint density at radius 3 is 2.50 bits per heavy atom. The Morgan fingerprint density at radius 1 is 1.38 bits per heavy atom. The number of fused-ring (bicyclic) bond motifs is 2. The first-order valence-corrected chi connectivity index (χ1v) is 6.43. The van der Waals surface area contributed by atoms with Gasteiger partial charge < -0.3 is 11.1 Å². The molecule has 2 aliphatic carbocycles. The Morgan fingerprint density at radius 2 is 2.06 bits per heavy atom. The molecule has 0 aromatic rings. The highest BCUT2D eigenvalue weighted by atomic mass is 32.1. The minimum absolute atomic E-state index is 0.144. The summed E-state index contributed by atoms with van der Waals surface area (Å²) in [6.07, 6.45) is 4.83. The van der Waals surface area contributed by atoms with Crippen molar-refractivity contribution in [3.05, 3.63) is 0 Å². The molecule has 1 amide bonds. The summed E-state index contributed by atoms with van der Waals surface area (Å²) in [6, 6.07) is 0. The lowest BCUT2D eigenvalue weighted by Crippen LogP contribution is -2.54. The number of carbonyl (C=O) groups excluding carboxylic acids is 1. The van der Waals surface area contributed by atoms with Crippen molar-refractivity contribution in [1.29, 1.82) is 0 Å². The number of thiocarbonyl (C=S) groups is 1. The smallest absolute Gasteiger partial charge is 0.224 e. The fraction of sp³-hybridized carbons (Fsp3) is 0.833. The summed E-state index contributed by atoms with van der Waals surface area (Å²) in [4.78, 5) is 12.5. The van der Waals surface area contributed by atoms with Gasteiger partial charge in [0.15, 0.2) is 0 Å². The van der Waals surface area contributed by atoms with Gasteiger partial charge in [-0.1, -0.05) is 18.6 Å². The lowest BCUT2D eigenvalue weighted by atomic mass is 9.87. The van der Waals surface area contributed by atoms with E-state index in [2.05, 4.69) is 5.32 Å². The van der Waals surface area contributed by atoms with Crippen LogP contribution in [0.15, 0.2) is 0 Å². The van der Waals surface area contributed by atoms with Crippen molar-refractivity contribution < 1.29 is 4.79 Å². The van der Waals surface area contributed by atoms with E-state index < -0.39 is 5.54 Å². The molecule has 4 heteroatoms. The maximum absolute atomic E-state index is 12.1. The summed E-state index contributed by atoms with van der Waals surface area (Å²) in [5.74, 6) is 1.73. The van der Waals surface area contributed by atoms with Crippen LogP contribution in [0.25, 0.3) is 0 Å². The first-order chi connectivity index (χ1) is 7.40. The number of amides is 1. The Balaban J connectivity index is 1.96. The van der Waals surface area contributed by atoms with Gasteiger partial charge in [-0.3, -0.25) is 4.79 Å². The highest BCUT2D eigenvalue weighted by Crippen LogP contribution is 2.48. The SMILES string of the molecule is CC(C)(NC(=O)C1CC2CCC1C2)C(N)=S. The molecule has 0 aromatic heterocycles. The van der Waals surface area contributed by atoms with Gasteiger partial charge in [0.1, 0.15) is 0 Å². The van der Waals surface area contributed by atoms with E-state index in [1.54, 1.807) is 0 Å². The largest absolute Gasteiger partial charge is 0.391 e. The van der Waals surface area contributed by atoms with E-state index in [9.17, 15) is 4.79 Å². The highest BCUT2D eigenvalue weighted by Gasteiger charge is 2.44. The fourth-order valence-electron chi connectivity index (χ4n) is 3.03. The maximum atomic E-state index is 12.1. The molecular formula is C12H20N2OS. The second-order valence-electron chi connectivity index (χ2n) is 5.76. The van der Waals surface area contributed by atoms with E-state index in [4.69, 9.17) is 18.0 Å². The van der Waals surface area contributed by atoms with E-state index in [1.807, 2.05) is 13.8 Å². The van der Waals surface area contributed by atoms with Crippen LogP contribution >= 0.6 is 12.2 Å². The van der Waals surface area contributed by atoms with Gasteiger partial charge in [0.2, 0.25) is 5.91 Å². The molecule has 3 unspecified atom stereocenters. The lowest BCUT2D eigenvalue weighted by molar-refractivity contribution is -0.127. The van der Waals surface area contributed by atoms with Crippen LogP contribution in [0.2, 0.25) is 0 Å². The second kappa shape index (κ2) is 3.99. The van der Waals surface area contributed by atoms with Crippen molar-refractivity contribution >= 4 is 23.1 Å². The summed E-state index contributed by atoms with van der Waals surface area (Å²) in [7, 11) is 0. The molecule has 16 heavy (non-hydrogen) atoms. The van der Waals surface area contributed by atoms with Crippen molar-refractivity contribution in [1.82, 2.24) is 5.32 Å². The summed E-state index contributed by atoms with van der Waals surface area (Å²) in [5, 5.41) is 2.98. The molecule has 0 aliphatic heterocycles. The van der Waals surface area contributed by atoms with Crippen molar-refractivity contribution in [3.8, 4) is 0 Å². The molecule has 90 valence electrons. The van der Waals surface area contributed by atoms with Gasteiger partial charge in [-0.05, 0) is 44.9 Å². The van der Waals surface area contributed by atoms with Crippen molar-refractivity contribution in [3.63, 3.8) is 0 Å². The standard InChI is InChI=1S/C12H20N2OS/c1-12(2,11(13)16)14-10(15)9-6-7-3-4-8(9)5-7/h7-9H,3-6H2,1-2H3,(H2,13,16)(H,14,15). The minimum Gasteiger partial charge on any atom is -0.391 e. The van der Waals surface area contributed by atoms with Crippen LogP contribution in [-0.2, 0) is 4.79 Å². The quantitative estimate of drug-likeness (QED) is 0.737. The van der Waals surface area contributed by atoms with Crippen LogP contribution < -0.4 is 11.1 Å². The molecule has 0 radical (unpaired) electrons. The predicted octanol–water partition coefficient (Wildman–Crippen LogP) is 1.60. The van der Waals surface area contributed by atoms with Crippen molar-refractivity contribution in [2.45, 2.75) is 45.1 Å². The van der Waals surface area contributed by atoms with Gasteiger partial charge in [-0.2, -0.15) is 0 Å². The number of nitrogens with one attached hydrogen (secondary N) is 1. The van der Waals surface area contributed by atoms with E-state index in [-0.39, 0.29) is 11.8 Å². The fourth-order valence-corrected chi connectivity index (χ4v) is 3.08. The van der Waals surface area contributed by atoms with Gasteiger partial charge in [0.05, 0.1) is 10.5 Å². The molecule has 3 nitrogen and oxygen atoms in total. The molecule has 0 spiro atoms. The van der Waals surface area contributed by atoms with Crippen molar-refractivity contribution in [2.75, 3.05) is 0 Å². The number of hydrogen-bond acceptors (Lipinski definition) is 2. The zero-order chi connectivity index (χ0) is 11.9.